The summed E-state index contributed by atoms with van der Waals surface area (Å²) in [6, 6.07) is 3.59. The van der Waals surface area contributed by atoms with Gasteiger partial charge >= 0.3 is 6.18 Å². The first-order chi connectivity index (χ1) is 17.1. The number of aryl methyl sites for hydroxylation is 1. The number of halogens is 3. The van der Waals surface area contributed by atoms with Gasteiger partial charge in [-0.05, 0) is 50.6 Å². The van der Waals surface area contributed by atoms with Crippen LogP contribution in [0.5, 0.6) is 0 Å². The van der Waals surface area contributed by atoms with E-state index in [0.29, 0.717) is 17.1 Å². The summed E-state index contributed by atoms with van der Waals surface area (Å²) >= 11 is 1.02. The van der Waals surface area contributed by atoms with Crippen molar-refractivity contribution in [3.05, 3.63) is 63.0 Å². The molecule has 2 amide bonds. The molecule has 3 heterocycles. The Morgan fingerprint density at radius 2 is 1.89 bits per heavy atom. The monoisotopic (exact) mass is 519 g/mol. The van der Waals surface area contributed by atoms with Crippen LogP contribution in [-0.4, -0.2) is 44.8 Å². The van der Waals surface area contributed by atoms with Crippen molar-refractivity contribution in [1.82, 2.24) is 25.2 Å². The molecule has 0 bridgehead atoms. The Balaban J connectivity index is 1.39. The zero-order valence-electron chi connectivity index (χ0n) is 19.4. The number of anilines is 2. The number of hydrogen-bond donors (Lipinski definition) is 3. The van der Waals surface area contributed by atoms with Gasteiger partial charge in [-0.1, -0.05) is 6.07 Å². The molecule has 0 spiro atoms. The number of benzene rings is 1. The molecule has 2 aromatic heterocycles. The predicted octanol–water partition coefficient (Wildman–Crippen LogP) is 3.62. The molecule has 36 heavy (non-hydrogen) atoms. The van der Waals surface area contributed by atoms with E-state index >= 15 is 0 Å². The summed E-state index contributed by atoms with van der Waals surface area (Å²) < 4.78 is 39.4. The Morgan fingerprint density at radius 1 is 1.14 bits per heavy atom. The van der Waals surface area contributed by atoms with Crippen molar-refractivity contribution in [3.8, 4) is 0 Å². The minimum atomic E-state index is -4.52. The van der Waals surface area contributed by atoms with Gasteiger partial charge in [0.25, 0.3) is 11.8 Å². The van der Waals surface area contributed by atoms with E-state index in [0.717, 1.165) is 43.3 Å². The van der Waals surface area contributed by atoms with Crippen molar-refractivity contribution < 1.29 is 22.8 Å². The van der Waals surface area contributed by atoms with Crippen molar-refractivity contribution in [2.45, 2.75) is 39.0 Å². The van der Waals surface area contributed by atoms with Crippen LogP contribution < -0.4 is 16.4 Å². The predicted molar refractivity (Wildman–Crippen MR) is 128 cm³/mol. The molecule has 3 aromatic rings. The SMILES string of the molecule is Cc1ccc(NC(=O)c2cnc(CNC(=O)c3ncnc(N)c3CN3CCCC3)s2)cc1C(F)(F)F. The first-order valence-electron chi connectivity index (χ1n) is 11.2. The van der Waals surface area contributed by atoms with Crippen LogP contribution in [0.3, 0.4) is 0 Å². The molecule has 4 N–H and O–H groups in total. The lowest BCUT2D eigenvalue weighted by Gasteiger charge is -2.17. The third-order valence-corrected chi connectivity index (χ3v) is 6.75. The van der Waals surface area contributed by atoms with Gasteiger partial charge in [0.15, 0.2) is 0 Å². The van der Waals surface area contributed by atoms with E-state index < -0.39 is 23.6 Å². The van der Waals surface area contributed by atoms with E-state index in [9.17, 15) is 22.8 Å². The second kappa shape index (κ2) is 10.6. The molecule has 190 valence electrons. The number of rotatable bonds is 7. The van der Waals surface area contributed by atoms with Gasteiger partial charge in [0, 0.05) is 17.8 Å². The highest BCUT2D eigenvalue weighted by molar-refractivity contribution is 7.13. The number of carbonyl (C=O) groups excluding carboxylic acids is 2. The molecule has 4 rings (SSSR count). The maximum Gasteiger partial charge on any atom is 0.416 e. The molecule has 1 aliphatic heterocycles. The van der Waals surface area contributed by atoms with E-state index in [2.05, 4.69) is 30.5 Å². The molecule has 0 atom stereocenters. The molecule has 0 radical (unpaired) electrons. The number of likely N-dealkylation sites (tertiary alicyclic amines) is 1. The highest BCUT2D eigenvalue weighted by Gasteiger charge is 2.32. The van der Waals surface area contributed by atoms with Crippen LogP contribution in [0.4, 0.5) is 24.7 Å². The van der Waals surface area contributed by atoms with E-state index in [-0.39, 0.29) is 34.2 Å². The number of hydrogen-bond acceptors (Lipinski definition) is 8. The van der Waals surface area contributed by atoms with Crippen molar-refractivity contribution in [3.63, 3.8) is 0 Å². The van der Waals surface area contributed by atoms with E-state index in [4.69, 9.17) is 5.73 Å². The van der Waals surface area contributed by atoms with E-state index in [1.54, 1.807) is 0 Å². The number of nitrogens with two attached hydrogens (primary N) is 1. The molecule has 1 saturated heterocycles. The molecular formula is C23H24F3N7O2S. The topological polar surface area (TPSA) is 126 Å². The standard InChI is InChI=1S/C23H24F3N7O2S/c1-13-4-5-14(8-16(13)23(24,25)26)32-21(34)17-9-28-18(36-17)10-29-22(35)19-15(20(27)31-12-30-19)11-33-6-2-3-7-33/h4-5,8-9,12H,2-3,6-7,10-11H2,1H3,(H,29,35)(H,32,34)(H2,27,30,31). The Bertz CT molecular complexity index is 1270. The largest absolute Gasteiger partial charge is 0.416 e. The molecule has 0 saturated carbocycles. The quantitative estimate of drug-likeness (QED) is 0.435. The van der Waals surface area contributed by atoms with Gasteiger partial charge in [-0.25, -0.2) is 15.0 Å². The number of nitrogen functional groups attached to an aromatic ring is 1. The number of nitrogens with zero attached hydrogens (tertiary/aromatic N) is 4. The fourth-order valence-corrected chi connectivity index (χ4v) is 4.63. The van der Waals surface area contributed by atoms with Crippen molar-refractivity contribution >= 4 is 34.7 Å². The Hall–Kier alpha value is -3.58. The summed E-state index contributed by atoms with van der Waals surface area (Å²) in [7, 11) is 0. The van der Waals surface area contributed by atoms with Crippen LogP contribution in [-0.2, 0) is 19.3 Å². The third-order valence-electron chi connectivity index (χ3n) is 5.75. The summed E-state index contributed by atoms with van der Waals surface area (Å²) in [4.78, 5) is 40.0. The Labute approximate surface area is 209 Å². The van der Waals surface area contributed by atoms with Crippen molar-refractivity contribution in [1.29, 1.82) is 0 Å². The summed E-state index contributed by atoms with van der Waals surface area (Å²) in [6.07, 6.45) is 0.189. The summed E-state index contributed by atoms with van der Waals surface area (Å²) in [5, 5.41) is 5.63. The van der Waals surface area contributed by atoms with Crippen LogP contribution in [0.2, 0.25) is 0 Å². The lowest BCUT2D eigenvalue weighted by atomic mass is 10.1. The Kier molecular flexibility index (Phi) is 7.50. The van der Waals surface area contributed by atoms with Gasteiger partial charge in [0.05, 0.1) is 18.3 Å². The lowest BCUT2D eigenvalue weighted by molar-refractivity contribution is -0.138. The van der Waals surface area contributed by atoms with Gasteiger partial charge in [-0.3, -0.25) is 14.5 Å². The molecule has 13 heteroatoms. The highest BCUT2D eigenvalue weighted by Crippen LogP contribution is 2.33. The summed E-state index contributed by atoms with van der Waals surface area (Å²) in [6.45, 7) is 3.70. The zero-order chi connectivity index (χ0) is 25.9. The minimum absolute atomic E-state index is 0.0214. The van der Waals surface area contributed by atoms with Gasteiger partial charge in [0.1, 0.15) is 27.7 Å². The molecule has 1 fully saturated rings. The molecule has 1 aromatic carbocycles. The molecule has 1 aliphatic rings. The molecule has 9 nitrogen and oxygen atoms in total. The van der Waals surface area contributed by atoms with Crippen LogP contribution in [0.15, 0.2) is 30.7 Å². The van der Waals surface area contributed by atoms with Gasteiger partial charge < -0.3 is 16.4 Å². The van der Waals surface area contributed by atoms with Gasteiger partial charge in [-0.2, -0.15) is 13.2 Å². The lowest BCUT2D eigenvalue weighted by Crippen LogP contribution is -2.28. The number of aromatic nitrogens is 3. The number of amides is 2. The maximum atomic E-state index is 13.1. The number of carbonyl (C=O) groups is 2. The summed E-state index contributed by atoms with van der Waals surface area (Å²) in [5.41, 5.74) is 6.02. The minimum Gasteiger partial charge on any atom is -0.383 e. The first kappa shape index (κ1) is 25.5. The fraction of sp³-hybridized carbons (Fsp3) is 0.348. The average Bonchev–Trinajstić information content (AvgIpc) is 3.51. The molecule has 0 unspecified atom stereocenters. The van der Waals surface area contributed by atoms with Crippen LogP contribution >= 0.6 is 11.3 Å². The maximum absolute atomic E-state index is 13.1. The number of alkyl halides is 3. The van der Waals surface area contributed by atoms with E-state index in [1.807, 2.05) is 0 Å². The first-order valence-corrected chi connectivity index (χ1v) is 12.0. The van der Waals surface area contributed by atoms with Crippen LogP contribution in [0.1, 0.15) is 54.7 Å². The second-order valence-corrected chi connectivity index (χ2v) is 9.47. The molecular weight excluding hydrogens is 495 g/mol. The summed E-state index contributed by atoms with van der Waals surface area (Å²) in [5.74, 6) is -0.794. The number of thiazole rings is 1. The van der Waals surface area contributed by atoms with Crippen molar-refractivity contribution in [2.75, 3.05) is 24.1 Å². The second-order valence-electron chi connectivity index (χ2n) is 8.35. The fourth-order valence-electron chi connectivity index (χ4n) is 3.88. The van der Waals surface area contributed by atoms with E-state index in [1.165, 1.54) is 31.6 Å². The Morgan fingerprint density at radius 3 is 2.61 bits per heavy atom. The van der Waals surface area contributed by atoms with Crippen LogP contribution in [0, 0.1) is 6.92 Å². The van der Waals surface area contributed by atoms with Gasteiger partial charge in [0.2, 0.25) is 0 Å². The zero-order valence-corrected chi connectivity index (χ0v) is 20.2. The highest BCUT2D eigenvalue weighted by atomic mass is 32.1. The average molecular weight is 520 g/mol. The normalized spacial score (nSPS) is 14.1. The van der Waals surface area contributed by atoms with Crippen molar-refractivity contribution in [2.24, 2.45) is 0 Å². The molecule has 0 aliphatic carbocycles. The van der Waals surface area contributed by atoms with Gasteiger partial charge in [-0.15, -0.1) is 11.3 Å². The third kappa shape index (κ3) is 5.97. The smallest absolute Gasteiger partial charge is 0.383 e. The van der Waals surface area contributed by atoms with Crippen LogP contribution in [0.25, 0.3) is 0 Å². The number of nitrogens with one attached hydrogen (secondary N) is 2.